The van der Waals surface area contributed by atoms with Gasteiger partial charge < -0.3 is 18.9 Å². The molecule has 0 rings (SSSR count). The number of quaternary nitrogens is 1. The van der Waals surface area contributed by atoms with Crippen LogP contribution in [0.2, 0.25) is 0 Å². The first-order valence-electron chi connectivity index (χ1n) is 18.1. The molecular weight excluding hydrogens is 847 g/mol. The predicted molar refractivity (Wildman–Crippen MR) is 209 cm³/mol. The van der Waals surface area contributed by atoms with Crippen LogP contribution in [-0.4, -0.2) is 74.9 Å². The molecule has 0 aliphatic heterocycles. The molecule has 0 saturated carbocycles. The van der Waals surface area contributed by atoms with Crippen molar-refractivity contribution in [3.05, 3.63) is 7.66 Å². The van der Waals surface area contributed by atoms with Gasteiger partial charge in [0.15, 0.2) is 6.10 Å². The van der Waals surface area contributed by atoms with Crippen LogP contribution < -0.4 is 0 Å². The molecule has 0 aromatic heterocycles. The molecule has 1 N–H and O–H groups in total. The number of rotatable bonds is 33. The molecule has 0 amide bonds. The Morgan fingerprint density at radius 2 is 1.15 bits per heavy atom. The quantitative estimate of drug-likeness (QED) is 0.0228. The van der Waals surface area contributed by atoms with Crippen molar-refractivity contribution < 1.29 is 42.1 Å². The highest BCUT2D eigenvalue weighted by Crippen LogP contribution is 2.43. The highest BCUT2D eigenvalue weighted by Gasteiger charge is 2.27. The fourth-order valence-corrected chi connectivity index (χ4v) is 6.31. The average molecular weight is 915 g/mol. The Morgan fingerprint density at radius 1 is 0.702 bits per heavy atom. The minimum Gasteiger partial charge on any atom is -0.462 e. The van der Waals surface area contributed by atoms with Gasteiger partial charge in [-0.2, -0.15) is 0 Å². The van der Waals surface area contributed by atoms with E-state index in [1.54, 1.807) is 0 Å². The molecule has 1 unspecified atom stereocenters. The third kappa shape index (κ3) is 34.4. The third-order valence-electron chi connectivity index (χ3n) is 7.82. The standard InChI is InChI=1S/C35H66I2NO8P/c1-5-6-7-8-9-10-11-12-13-14-15-19-22-25-34(39)43-30-33(31-45-47(41,42)44-28-27-38(2,3)4)46-35(40)26-23-20-17-16-18-21-24-32(37)29-36/h29,33H,5-28,30-31H2,1-4H3/p+1/t33-/m1/s1. The average Bonchev–Trinajstić information content (AvgIpc) is 3.01. The van der Waals surface area contributed by atoms with Crippen molar-refractivity contribution in [3.63, 3.8) is 0 Å². The second-order valence-corrected chi connectivity index (χ2v) is 17.0. The number of likely N-dealkylation sites (N-methyl/N-ethyl adjacent to an activating group) is 1. The summed E-state index contributed by atoms with van der Waals surface area (Å²) in [5.41, 5.74) is 0. The molecule has 12 heteroatoms. The van der Waals surface area contributed by atoms with E-state index in [9.17, 15) is 19.0 Å². The number of phosphoric acid groups is 1. The van der Waals surface area contributed by atoms with E-state index in [2.05, 4.69) is 56.2 Å². The van der Waals surface area contributed by atoms with E-state index in [0.29, 0.717) is 23.9 Å². The molecule has 0 heterocycles. The van der Waals surface area contributed by atoms with Gasteiger partial charge in [-0.3, -0.25) is 18.6 Å². The van der Waals surface area contributed by atoms with Crippen LogP contribution in [0.15, 0.2) is 7.66 Å². The van der Waals surface area contributed by atoms with Crippen molar-refractivity contribution in [2.45, 2.75) is 154 Å². The van der Waals surface area contributed by atoms with Crippen LogP contribution in [0.4, 0.5) is 0 Å². The molecule has 0 saturated heterocycles. The number of carbonyl (C=O) groups excluding carboxylic acids is 2. The summed E-state index contributed by atoms with van der Waals surface area (Å²) < 4.78 is 37.6. The van der Waals surface area contributed by atoms with E-state index in [0.717, 1.165) is 44.9 Å². The summed E-state index contributed by atoms with van der Waals surface area (Å²) in [5.74, 6) is -0.809. The lowest BCUT2D eigenvalue weighted by molar-refractivity contribution is -0.870. The van der Waals surface area contributed by atoms with E-state index in [-0.39, 0.29) is 25.6 Å². The third-order valence-corrected chi connectivity index (χ3v) is 11.6. The van der Waals surface area contributed by atoms with Gasteiger partial charge in [-0.15, -0.1) is 0 Å². The van der Waals surface area contributed by atoms with Crippen molar-refractivity contribution >= 4 is 64.9 Å². The number of phosphoric ester groups is 1. The molecule has 0 aromatic rings. The number of hydrogen-bond donors (Lipinski definition) is 1. The SMILES string of the molecule is CCCCCCCCCCCCCCCC(=O)OC[C@H](COP(=O)(O)OCC[N+](C)(C)C)OC(=O)CCCCCCCCC(I)=CI. The van der Waals surface area contributed by atoms with E-state index in [4.69, 9.17) is 18.5 Å². The van der Waals surface area contributed by atoms with Gasteiger partial charge in [0.1, 0.15) is 19.8 Å². The second kappa shape index (κ2) is 31.0. The van der Waals surface area contributed by atoms with Crippen molar-refractivity contribution in [2.24, 2.45) is 0 Å². The lowest BCUT2D eigenvalue weighted by Crippen LogP contribution is -2.37. The molecule has 0 radical (unpaired) electrons. The van der Waals surface area contributed by atoms with Crippen LogP contribution in [-0.2, 0) is 32.7 Å². The minimum atomic E-state index is -4.36. The highest BCUT2D eigenvalue weighted by molar-refractivity contribution is 14.1. The molecule has 0 bridgehead atoms. The van der Waals surface area contributed by atoms with Gasteiger partial charge in [0, 0.05) is 12.8 Å². The molecule has 0 aliphatic carbocycles. The number of ether oxygens (including phenoxy) is 2. The molecular formula is C35H67I2NO8P+. The number of nitrogens with zero attached hydrogens (tertiary/aromatic N) is 1. The van der Waals surface area contributed by atoms with Crippen LogP contribution in [0.5, 0.6) is 0 Å². The summed E-state index contributed by atoms with van der Waals surface area (Å²) in [4.78, 5) is 35.1. The first kappa shape index (κ1) is 47.2. The van der Waals surface area contributed by atoms with Gasteiger partial charge in [-0.1, -0.05) is 132 Å². The molecule has 9 nitrogen and oxygen atoms in total. The first-order chi connectivity index (χ1) is 22.4. The Balaban J connectivity index is 4.44. The zero-order valence-corrected chi connectivity index (χ0v) is 35.2. The second-order valence-electron chi connectivity index (χ2n) is 13.6. The lowest BCUT2D eigenvalue weighted by atomic mass is 10.0. The fraction of sp³-hybridized carbons (Fsp3) is 0.886. The zero-order valence-electron chi connectivity index (χ0n) is 30.0. The van der Waals surface area contributed by atoms with Crippen LogP contribution in [0.3, 0.4) is 0 Å². The van der Waals surface area contributed by atoms with Crippen LogP contribution >= 0.6 is 53.0 Å². The van der Waals surface area contributed by atoms with Gasteiger partial charge in [0.25, 0.3) is 0 Å². The maximum Gasteiger partial charge on any atom is 0.472 e. The lowest BCUT2D eigenvalue weighted by Gasteiger charge is -2.24. The van der Waals surface area contributed by atoms with Crippen molar-refractivity contribution in [3.8, 4) is 0 Å². The van der Waals surface area contributed by atoms with Crippen molar-refractivity contribution in [2.75, 3.05) is 47.5 Å². The molecule has 47 heavy (non-hydrogen) atoms. The Hall–Kier alpha value is 0.210. The first-order valence-corrected chi connectivity index (χ1v) is 21.9. The zero-order chi connectivity index (χ0) is 35.2. The molecule has 278 valence electrons. The summed E-state index contributed by atoms with van der Waals surface area (Å²) in [7, 11) is 1.47. The summed E-state index contributed by atoms with van der Waals surface area (Å²) in [6.07, 6.45) is 22.7. The van der Waals surface area contributed by atoms with Gasteiger partial charge in [0.05, 0.1) is 27.7 Å². The largest absolute Gasteiger partial charge is 0.472 e. The Bertz CT molecular complexity index is 869. The Labute approximate surface area is 314 Å². The minimum absolute atomic E-state index is 0.0318. The van der Waals surface area contributed by atoms with E-state index < -0.39 is 26.5 Å². The van der Waals surface area contributed by atoms with Crippen molar-refractivity contribution in [1.82, 2.24) is 0 Å². The maximum atomic E-state index is 12.6. The number of unbranched alkanes of at least 4 members (excludes halogenated alkanes) is 17. The Kier molecular flexibility index (Phi) is 31.1. The molecule has 2 atom stereocenters. The maximum absolute atomic E-state index is 12.6. The topological polar surface area (TPSA) is 108 Å². The van der Waals surface area contributed by atoms with Gasteiger partial charge >= 0.3 is 19.8 Å². The van der Waals surface area contributed by atoms with Crippen LogP contribution in [0.1, 0.15) is 148 Å². The number of hydrogen-bond acceptors (Lipinski definition) is 7. The smallest absolute Gasteiger partial charge is 0.462 e. The molecule has 0 aliphatic rings. The Morgan fingerprint density at radius 3 is 1.62 bits per heavy atom. The van der Waals surface area contributed by atoms with Gasteiger partial charge in [-0.25, -0.2) is 4.57 Å². The normalized spacial score (nSPS) is 14.1. The highest BCUT2D eigenvalue weighted by atomic mass is 127. The van der Waals surface area contributed by atoms with Crippen LogP contribution in [0.25, 0.3) is 0 Å². The summed E-state index contributed by atoms with van der Waals surface area (Å²) in [6, 6.07) is 0. The van der Waals surface area contributed by atoms with Gasteiger partial charge in [-0.05, 0) is 55.9 Å². The van der Waals surface area contributed by atoms with Crippen LogP contribution in [0, 0.1) is 0 Å². The number of carbonyl (C=O) groups is 2. The van der Waals surface area contributed by atoms with E-state index >= 15 is 0 Å². The number of esters is 2. The predicted octanol–water partition coefficient (Wildman–Crippen LogP) is 10.6. The monoisotopic (exact) mass is 914 g/mol. The van der Waals surface area contributed by atoms with Crippen molar-refractivity contribution in [1.29, 1.82) is 0 Å². The van der Waals surface area contributed by atoms with E-state index in [1.165, 1.54) is 80.6 Å². The number of allylic oxidation sites excluding steroid dienone is 1. The van der Waals surface area contributed by atoms with Gasteiger partial charge in [0.2, 0.25) is 0 Å². The number of halogens is 2. The summed E-state index contributed by atoms with van der Waals surface area (Å²) in [6.45, 7) is 2.16. The molecule has 0 aromatic carbocycles. The summed E-state index contributed by atoms with van der Waals surface area (Å²) >= 11 is 4.64. The molecule has 0 fully saturated rings. The van der Waals surface area contributed by atoms with E-state index in [1.807, 2.05) is 21.1 Å². The molecule has 0 spiro atoms. The fourth-order valence-electron chi connectivity index (χ4n) is 4.88. The summed E-state index contributed by atoms with van der Waals surface area (Å²) in [5, 5.41) is 0.